The van der Waals surface area contributed by atoms with Crippen molar-refractivity contribution in [2.24, 2.45) is 0 Å². The van der Waals surface area contributed by atoms with E-state index < -0.39 is 0 Å². The van der Waals surface area contributed by atoms with Gasteiger partial charge in [-0.2, -0.15) is 0 Å². The minimum Gasteiger partial charge on any atom is -0.358 e. The third kappa shape index (κ3) is 3.54. The van der Waals surface area contributed by atoms with Crippen molar-refractivity contribution in [1.29, 1.82) is 0 Å². The van der Waals surface area contributed by atoms with E-state index in [2.05, 4.69) is 20.2 Å². The van der Waals surface area contributed by atoms with Gasteiger partial charge in [-0.05, 0) is 37.9 Å². The van der Waals surface area contributed by atoms with E-state index in [1.165, 1.54) is 19.3 Å². The number of hydrogen-bond acceptors (Lipinski definition) is 4. The number of anilines is 1. The van der Waals surface area contributed by atoms with Crippen LogP contribution in [0.4, 0.5) is 5.82 Å². The molecular weight excluding hydrogens is 236 g/mol. The molecule has 0 aliphatic carbocycles. The van der Waals surface area contributed by atoms with E-state index in [0.717, 1.165) is 24.6 Å². The molecule has 0 unspecified atom stereocenters. The summed E-state index contributed by atoms with van der Waals surface area (Å²) in [5.41, 5.74) is 0.906. The molecule has 0 amide bonds. The number of piperidine rings is 1. The van der Waals surface area contributed by atoms with Crippen molar-refractivity contribution in [1.82, 2.24) is 15.3 Å². The fraction of sp³-hybridized carbons (Fsp3) is 0.667. The van der Waals surface area contributed by atoms with Crippen LogP contribution in [-0.4, -0.2) is 36.1 Å². The minimum atomic E-state index is 0.323. The lowest BCUT2D eigenvalue weighted by atomic mass is 10.0. The molecule has 4 nitrogen and oxygen atoms in total. The molecule has 1 atom stereocenters. The molecule has 0 radical (unpaired) electrons. The Hall–Kier alpha value is -0.870. The van der Waals surface area contributed by atoms with Crippen molar-refractivity contribution in [3.8, 4) is 0 Å². The van der Waals surface area contributed by atoms with Gasteiger partial charge in [0.25, 0.3) is 0 Å². The van der Waals surface area contributed by atoms with Gasteiger partial charge in [0.1, 0.15) is 5.82 Å². The summed E-state index contributed by atoms with van der Waals surface area (Å²) in [5.74, 6) is 0.898. The van der Waals surface area contributed by atoms with Gasteiger partial charge in [-0.15, -0.1) is 0 Å². The van der Waals surface area contributed by atoms with Crippen LogP contribution >= 0.6 is 11.6 Å². The topological polar surface area (TPSA) is 41.0 Å². The van der Waals surface area contributed by atoms with Crippen LogP contribution in [0.15, 0.2) is 6.07 Å². The summed E-state index contributed by atoms with van der Waals surface area (Å²) >= 11 is 5.87. The van der Waals surface area contributed by atoms with Crippen molar-refractivity contribution in [3.05, 3.63) is 17.0 Å². The second-order valence-electron chi connectivity index (χ2n) is 4.66. The summed E-state index contributed by atoms with van der Waals surface area (Å²) < 4.78 is 0. The standard InChI is InChI=1S/C12H19ClN4/c1-9-7-11(16-12(13)15-9)17(2)8-10-5-3-4-6-14-10/h7,10,14H,3-6,8H2,1-2H3/t10-/m0/s1. The second-order valence-corrected chi connectivity index (χ2v) is 5.00. The van der Waals surface area contributed by atoms with Crippen molar-refractivity contribution >= 4 is 17.4 Å². The highest BCUT2D eigenvalue weighted by atomic mass is 35.5. The molecule has 1 N–H and O–H groups in total. The Balaban J connectivity index is 2.00. The van der Waals surface area contributed by atoms with Gasteiger partial charge in [0.05, 0.1) is 0 Å². The van der Waals surface area contributed by atoms with Gasteiger partial charge in [0, 0.05) is 31.4 Å². The number of aromatic nitrogens is 2. The molecule has 2 heterocycles. The van der Waals surface area contributed by atoms with E-state index in [1.54, 1.807) is 0 Å². The third-order valence-corrected chi connectivity index (χ3v) is 3.28. The van der Waals surface area contributed by atoms with E-state index in [4.69, 9.17) is 11.6 Å². The van der Waals surface area contributed by atoms with Crippen LogP contribution in [0.5, 0.6) is 0 Å². The molecule has 94 valence electrons. The summed E-state index contributed by atoms with van der Waals surface area (Å²) in [4.78, 5) is 10.5. The van der Waals surface area contributed by atoms with Crippen LogP contribution in [0.25, 0.3) is 0 Å². The van der Waals surface area contributed by atoms with Gasteiger partial charge in [-0.25, -0.2) is 9.97 Å². The van der Waals surface area contributed by atoms with E-state index in [9.17, 15) is 0 Å². The average molecular weight is 255 g/mol. The van der Waals surface area contributed by atoms with Crippen LogP contribution in [0.3, 0.4) is 0 Å². The molecule has 5 heteroatoms. The number of nitrogens with one attached hydrogen (secondary N) is 1. The highest BCUT2D eigenvalue weighted by Crippen LogP contribution is 2.15. The minimum absolute atomic E-state index is 0.323. The van der Waals surface area contributed by atoms with Crippen molar-refractivity contribution < 1.29 is 0 Å². The predicted molar refractivity (Wildman–Crippen MR) is 70.7 cm³/mol. The average Bonchev–Trinajstić information content (AvgIpc) is 2.29. The molecule has 2 rings (SSSR count). The quantitative estimate of drug-likeness (QED) is 0.838. The Kier molecular flexibility index (Phi) is 4.18. The van der Waals surface area contributed by atoms with Gasteiger partial charge in [-0.1, -0.05) is 6.42 Å². The van der Waals surface area contributed by atoms with Crippen molar-refractivity contribution in [2.75, 3.05) is 25.0 Å². The maximum atomic E-state index is 5.87. The third-order valence-electron chi connectivity index (χ3n) is 3.11. The molecule has 0 aromatic carbocycles. The van der Waals surface area contributed by atoms with Crippen molar-refractivity contribution in [3.63, 3.8) is 0 Å². The Morgan fingerprint density at radius 1 is 1.47 bits per heavy atom. The van der Waals surface area contributed by atoms with Crippen LogP contribution in [0.2, 0.25) is 5.28 Å². The summed E-state index contributed by atoms with van der Waals surface area (Å²) in [5, 5.41) is 3.85. The summed E-state index contributed by atoms with van der Waals surface area (Å²) in [6.07, 6.45) is 3.84. The number of nitrogens with zero attached hydrogens (tertiary/aromatic N) is 3. The first-order valence-corrected chi connectivity index (χ1v) is 6.48. The van der Waals surface area contributed by atoms with Gasteiger partial charge in [0.15, 0.2) is 0 Å². The van der Waals surface area contributed by atoms with E-state index in [0.29, 0.717) is 11.3 Å². The molecule has 1 aliphatic heterocycles. The van der Waals surface area contributed by atoms with E-state index in [-0.39, 0.29) is 0 Å². The number of hydrogen-bond donors (Lipinski definition) is 1. The highest BCUT2D eigenvalue weighted by molar-refractivity contribution is 6.28. The molecule has 0 spiro atoms. The van der Waals surface area contributed by atoms with Gasteiger partial charge in [-0.3, -0.25) is 0 Å². The Morgan fingerprint density at radius 2 is 2.29 bits per heavy atom. The molecular formula is C12H19ClN4. The van der Waals surface area contributed by atoms with Crippen LogP contribution in [0, 0.1) is 6.92 Å². The molecule has 17 heavy (non-hydrogen) atoms. The first kappa shape index (κ1) is 12.6. The molecule has 0 bridgehead atoms. The molecule has 1 aromatic heterocycles. The number of likely N-dealkylation sites (N-methyl/N-ethyl adjacent to an activating group) is 1. The maximum Gasteiger partial charge on any atom is 0.224 e. The maximum absolute atomic E-state index is 5.87. The number of halogens is 1. The van der Waals surface area contributed by atoms with Gasteiger partial charge in [0.2, 0.25) is 5.28 Å². The number of aryl methyl sites for hydroxylation is 1. The van der Waals surface area contributed by atoms with Crippen LogP contribution in [0.1, 0.15) is 25.0 Å². The Bertz CT molecular complexity index is 357. The second kappa shape index (κ2) is 5.65. The van der Waals surface area contributed by atoms with E-state index in [1.807, 2.05) is 20.0 Å². The normalized spacial score (nSPS) is 20.3. The smallest absolute Gasteiger partial charge is 0.224 e. The van der Waals surface area contributed by atoms with Gasteiger partial charge >= 0.3 is 0 Å². The SMILES string of the molecule is Cc1cc(N(C)C[C@@H]2CCCCN2)nc(Cl)n1. The lowest BCUT2D eigenvalue weighted by molar-refractivity contribution is 0.403. The largest absolute Gasteiger partial charge is 0.358 e. The summed E-state index contributed by atoms with van der Waals surface area (Å²) in [6.45, 7) is 4.03. The summed E-state index contributed by atoms with van der Waals surface area (Å²) in [6, 6.07) is 2.53. The fourth-order valence-corrected chi connectivity index (χ4v) is 2.44. The first-order chi connectivity index (χ1) is 8.15. The number of rotatable bonds is 3. The fourth-order valence-electron chi connectivity index (χ4n) is 2.22. The first-order valence-electron chi connectivity index (χ1n) is 6.11. The predicted octanol–water partition coefficient (Wildman–Crippen LogP) is 2.02. The van der Waals surface area contributed by atoms with Gasteiger partial charge < -0.3 is 10.2 Å². The zero-order chi connectivity index (χ0) is 12.3. The van der Waals surface area contributed by atoms with E-state index >= 15 is 0 Å². The molecule has 1 aliphatic rings. The van der Waals surface area contributed by atoms with Crippen LogP contribution < -0.4 is 10.2 Å². The summed E-state index contributed by atoms with van der Waals surface area (Å²) in [7, 11) is 2.05. The monoisotopic (exact) mass is 254 g/mol. The lowest BCUT2D eigenvalue weighted by Gasteiger charge is -2.28. The molecule has 1 aromatic rings. The lowest BCUT2D eigenvalue weighted by Crippen LogP contribution is -2.42. The highest BCUT2D eigenvalue weighted by Gasteiger charge is 2.15. The molecule has 1 fully saturated rings. The Labute approximate surface area is 107 Å². The molecule has 0 saturated carbocycles. The molecule has 1 saturated heterocycles. The Morgan fingerprint density at radius 3 is 2.94 bits per heavy atom. The zero-order valence-corrected chi connectivity index (χ0v) is 11.2. The zero-order valence-electron chi connectivity index (χ0n) is 10.4. The van der Waals surface area contributed by atoms with Crippen molar-refractivity contribution in [2.45, 2.75) is 32.2 Å². The van der Waals surface area contributed by atoms with Crippen LogP contribution in [-0.2, 0) is 0 Å².